The fourth-order valence-electron chi connectivity index (χ4n) is 2.67. The summed E-state index contributed by atoms with van der Waals surface area (Å²) in [5.41, 5.74) is 3.42. The Morgan fingerprint density at radius 1 is 1.15 bits per heavy atom. The van der Waals surface area contributed by atoms with E-state index in [0.29, 0.717) is 16.8 Å². The molecule has 4 heteroatoms. The Kier molecular flexibility index (Phi) is 3.99. The molecule has 3 rings (SSSR count). The first-order chi connectivity index (χ1) is 9.61. The van der Waals surface area contributed by atoms with E-state index in [2.05, 4.69) is 39.4 Å². The molecule has 0 saturated carbocycles. The van der Waals surface area contributed by atoms with Gasteiger partial charge in [-0.25, -0.2) is 4.39 Å². The van der Waals surface area contributed by atoms with Crippen LogP contribution in [-0.2, 0) is 12.8 Å². The van der Waals surface area contributed by atoms with Crippen molar-refractivity contribution in [1.82, 2.24) is 0 Å². The minimum absolute atomic E-state index is 0.267. The van der Waals surface area contributed by atoms with Crippen molar-refractivity contribution in [3.8, 4) is 0 Å². The fourth-order valence-corrected chi connectivity index (χ4v) is 3.26. The molecule has 0 amide bonds. The van der Waals surface area contributed by atoms with Gasteiger partial charge >= 0.3 is 0 Å². The molecule has 0 bridgehead atoms. The van der Waals surface area contributed by atoms with Gasteiger partial charge in [-0.1, -0.05) is 33.6 Å². The third-order valence-corrected chi connectivity index (χ3v) is 4.51. The van der Waals surface area contributed by atoms with E-state index in [4.69, 9.17) is 11.6 Å². The molecule has 1 aliphatic rings. The van der Waals surface area contributed by atoms with E-state index in [1.54, 1.807) is 6.07 Å². The summed E-state index contributed by atoms with van der Waals surface area (Å²) in [5.74, 6) is -0.267. The Hall–Kier alpha value is -1.06. The number of benzene rings is 2. The number of hydrogen-bond donors (Lipinski definition) is 1. The molecule has 104 valence electrons. The number of anilines is 1. The quantitative estimate of drug-likeness (QED) is 0.780. The van der Waals surface area contributed by atoms with E-state index >= 15 is 0 Å². The number of halogens is 3. The Bertz CT molecular complexity index is 644. The second-order valence-corrected chi connectivity index (χ2v) is 6.44. The van der Waals surface area contributed by atoms with Crippen LogP contribution in [0.4, 0.5) is 10.1 Å². The normalized spacial score (nSPS) is 17.6. The summed E-state index contributed by atoms with van der Waals surface area (Å²) >= 11 is 9.60. The standard InChI is InChI=1S/C16H14BrClFN/c17-12-3-1-11-8-14(5-2-10(11)7-12)20-16-9-13(19)4-6-15(16)18/h1,3-4,6-7,9,14,20H,2,5,8H2. The van der Waals surface area contributed by atoms with Gasteiger partial charge in [0.05, 0.1) is 10.7 Å². The number of fused-ring (bicyclic) bond motifs is 1. The van der Waals surface area contributed by atoms with Crippen LogP contribution < -0.4 is 5.32 Å². The first-order valence-electron chi connectivity index (χ1n) is 6.61. The summed E-state index contributed by atoms with van der Waals surface area (Å²) in [6.45, 7) is 0. The van der Waals surface area contributed by atoms with Crippen LogP contribution >= 0.6 is 27.5 Å². The smallest absolute Gasteiger partial charge is 0.125 e. The molecular weight excluding hydrogens is 341 g/mol. The van der Waals surface area contributed by atoms with E-state index in [9.17, 15) is 4.39 Å². The molecule has 0 fully saturated rings. The van der Waals surface area contributed by atoms with Crippen LogP contribution in [0.3, 0.4) is 0 Å². The minimum Gasteiger partial charge on any atom is -0.381 e. The highest BCUT2D eigenvalue weighted by Crippen LogP contribution is 2.29. The summed E-state index contributed by atoms with van der Waals surface area (Å²) < 4.78 is 14.4. The maximum Gasteiger partial charge on any atom is 0.125 e. The highest BCUT2D eigenvalue weighted by atomic mass is 79.9. The molecule has 1 nitrogen and oxygen atoms in total. The molecule has 20 heavy (non-hydrogen) atoms. The van der Waals surface area contributed by atoms with Crippen molar-refractivity contribution >= 4 is 33.2 Å². The highest BCUT2D eigenvalue weighted by Gasteiger charge is 2.19. The topological polar surface area (TPSA) is 12.0 Å². The van der Waals surface area contributed by atoms with Crippen molar-refractivity contribution in [2.24, 2.45) is 0 Å². The number of aryl methyl sites for hydroxylation is 1. The number of rotatable bonds is 2. The maximum atomic E-state index is 13.3. The van der Waals surface area contributed by atoms with Crippen LogP contribution in [0.5, 0.6) is 0 Å². The third kappa shape index (κ3) is 2.99. The molecule has 0 aliphatic heterocycles. The monoisotopic (exact) mass is 353 g/mol. The zero-order chi connectivity index (χ0) is 14.1. The molecule has 1 unspecified atom stereocenters. The first kappa shape index (κ1) is 13.9. The van der Waals surface area contributed by atoms with Crippen molar-refractivity contribution in [1.29, 1.82) is 0 Å². The lowest BCUT2D eigenvalue weighted by Gasteiger charge is -2.27. The van der Waals surface area contributed by atoms with Crippen molar-refractivity contribution in [3.05, 3.63) is 62.8 Å². The van der Waals surface area contributed by atoms with Crippen LogP contribution in [0.25, 0.3) is 0 Å². The predicted octanol–water partition coefficient (Wildman–Crippen LogP) is 5.21. The molecule has 0 radical (unpaired) electrons. The second kappa shape index (κ2) is 5.74. The molecule has 1 N–H and O–H groups in total. The van der Waals surface area contributed by atoms with Crippen LogP contribution in [-0.4, -0.2) is 6.04 Å². The third-order valence-electron chi connectivity index (χ3n) is 3.68. The van der Waals surface area contributed by atoms with E-state index in [0.717, 1.165) is 23.7 Å². The van der Waals surface area contributed by atoms with Gasteiger partial charge in [0.15, 0.2) is 0 Å². The predicted molar refractivity (Wildman–Crippen MR) is 85.0 cm³/mol. The average Bonchev–Trinajstić information content (AvgIpc) is 2.43. The lowest BCUT2D eigenvalue weighted by molar-refractivity contribution is 0.606. The molecule has 0 saturated heterocycles. The molecule has 1 aliphatic carbocycles. The van der Waals surface area contributed by atoms with Crippen molar-refractivity contribution in [3.63, 3.8) is 0 Å². The van der Waals surface area contributed by atoms with Gasteiger partial charge in [-0.2, -0.15) is 0 Å². The molecule has 0 spiro atoms. The number of hydrogen-bond acceptors (Lipinski definition) is 1. The van der Waals surface area contributed by atoms with Crippen LogP contribution in [0.1, 0.15) is 17.5 Å². The molecule has 0 aromatic heterocycles. The summed E-state index contributed by atoms with van der Waals surface area (Å²) in [6.07, 6.45) is 2.99. The van der Waals surface area contributed by atoms with Crippen molar-refractivity contribution in [2.45, 2.75) is 25.3 Å². The van der Waals surface area contributed by atoms with E-state index < -0.39 is 0 Å². The lowest BCUT2D eigenvalue weighted by Crippen LogP contribution is -2.27. The van der Waals surface area contributed by atoms with Crippen molar-refractivity contribution < 1.29 is 4.39 Å². The van der Waals surface area contributed by atoms with E-state index in [-0.39, 0.29) is 5.82 Å². The van der Waals surface area contributed by atoms with E-state index in [1.807, 2.05) is 0 Å². The SMILES string of the molecule is Fc1ccc(Cl)c(NC2CCc3cc(Br)ccc3C2)c1. The van der Waals surface area contributed by atoms with Gasteiger partial charge in [-0.3, -0.25) is 0 Å². The first-order valence-corrected chi connectivity index (χ1v) is 7.78. The zero-order valence-corrected chi connectivity index (χ0v) is 13.1. The fraction of sp³-hybridized carbons (Fsp3) is 0.250. The van der Waals surface area contributed by atoms with E-state index in [1.165, 1.54) is 23.3 Å². The molecule has 2 aromatic rings. The molecule has 0 heterocycles. The minimum atomic E-state index is -0.267. The maximum absolute atomic E-state index is 13.3. The van der Waals surface area contributed by atoms with Gasteiger partial charge in [-0.05, 0) is 60.7 Å². The second-order valence-electron chi connectivity index (χ2n) is 5.12. The Morgan fingerprint density at radius 2 is 2.00 bits per heavy atom. The Labute approximate surface area is 131 Å². The Balaban J connectivity index is 1.77. The van der Waals surface area contributed by atoms with Gasteiger partial charge in [0, 0.05) is 10.5 Å². The van der Waals surface area contributed by atoms with Crippen LogP contribution in [0.15, 0.2) is 40.9 Å². The largest absolute Gasteiger partial charge is 0.381 e. The Morgan fingerprint density at radius 3 is 2.85 bits per heavy atom. The van der Waals surface area contributed by atoms with Gasteiger partial charge < -0.3 is 5.32 Å². The van der Waals surface area contributed by atoms with Gasteiger partial charge in [0.2, 0.25) is 0 Å². The van der Waals surface area contributed by atoms with Crippen LogP contribution in [0.2, 0.25) is 5.02 Å². The average molecular weight is 355 g/mol. The lowest BCUT2D eigenvalue weighted by atomic mass is 9.88. The summed E-state index contributed by atoms with van der Waals surface area (Å²) in [4.78, 5) is 0. The van der Waals surface area contributed by atoms with Gasteiger partial charge in [0.25, 0.3) is 0 Å². The van der Waals surface area contributed by atoms with Crippen LogP contribution in [0, 0.1) is 5.82 Å². The van der Waals surface area contributed by atoms with Gasteiger partial charge in [-0.15, -0.1) is 0 Å². The summed E-state index contributed by atoms with van der Waals surface area (Å²) in [6, 6.07) is 11.1. The molecule has 1 atom stereocenters. The summed E-state index contributed by atoms with van der Waals surface area (Å²) in [7, 11) is 0. The molecular formula is C16H14BrClFN. The highest BCUT2D eigenvalue weighted by molar-refractivity contribution is 9.10. The zero-order valence-electron chi connectivity index (χ0n) is 10.8. The molecule has 2 aromatic carbocycles. The van der Waals surface area contributed by atoms with Gasteiger partial charge in [0.1, 0.15) is 5.82 Å². The van der Waals surface area contributed by atoms with Crippen molar-refractivity contribution in [2.75, 3.05) is 5.32 Å². The summed E-state index contributed by atoms with van der Waals surface area (Å²) in [5, 5.41) is 3.92. The number of nitrogens with one attached hydrogen (secondary N) is 1.